The molecule has 1 aliphatic heterocycles. The van der Waals surface area contributed by atoms with Crippen LogP contribution in [0, 0.1) is 0 Å². The molecule has 0 unspecified atom stereocenters. The van der Waals surface area contributed by atoms with Gasteiger partial charge in [-0.2, -0.15) is 5.10 Å². The summed E-state index contributed by atoms with van der Waals surface area (Å²) in [5.41, 5.74) is 1.96. The lowest BCUT2D eigenvalue weighted by Crippen LogP contribution is -2.48. The number of anilines is 1. The lowest BCUT2D eigenvalue weighted by molar-refractivity contribution is 0.0749. The van der Waals surface area contributed by atoms with Crippen molar-refractivity contribution in [1.82, 2.24) is 14.7 Å². The number of nitrogens with zero attached hydrogens (tertiary/aromatic N) is 4. The van der Waals surface area contributed by atoms with Crippen molar-refractivity contribution in [2.75, 3.05) is 31.1 Å². The van der Waals surface area contributed by atoms with Gasteiger partial charge in [0.1, 0.15) is 0 Å². The summed E-state index contributed by atoms with van der Waals surface area (Å²) in [6.07, 6.45) is 3.90. The van der Waals surface area contributed by atoms with Crippen LogP contribution >= 0.6 is 11.3 Å². The number of thiophene rings is 1. The average molecular weight is 326 g/mol. The number of piperazine rings is 1. The first kappa shape index (κ1) is 14.3. The Bertz CT molecular complexity index is 845. The maximum Gasteiger partial charge on any atom is 0.255 e. The van der Waals surface area contributed by atoms with Crippen molar-refractivity contribution in [3.05, 3.63) is 47.6 Å². The zero-order valence-corrected chi connectivity index (χ0v) is 13.8. The van der Waals surface area contributed by atoms with Gasteiger partial charge in [-0.3, -0.25) is 9.48 Å². The molecule has 0 N–H and O–H groups in total. The van der Waals surface area contributed by atoms with E-state index in [2.05, 4.69) is 16.1 Å². The fourth-order valence-corrected chi connectivity index (χ4v) is 3.99. The van der Waals surface area contributed by atoms with Crippen molar-refractivity contribution in [3.63, 3.8) is 0 Å². The highest BCUT2D eigenvalue weighted by atomic mass is 32.1. The van der Waals surface area contributed by atoms with E-state index >= 15 is 0 Å². The summed E-state index contributed by atoms with van der Waals surface area (Å²) in [5.74, 6) is 0.147. The molecule has 0 saturated carbocycles. The quantitative estimate of drug-likeness (QED) is 0.727. The fraction of sp³-hybridized carbons (Fsp3) is 0.294. The minimum atomic E-state index is 0.147. The number of carbonyl (C=O) groups excluding carboxylic acids is 1. The van der Waals surface area contributed by atoms with Crippen LogP contribution in [0.25, 0.3) is 10.1 Å². The summed E-state index contributed by atoms with van der Waals surface area (Å²) < 4.78 is 2.98. The van der Waals surface area contributed by atoms with E-state index < -0.39 is 0 Å². The van der Waals surface area contributed by atoms with Crippen molar-refractivity contribution >= 4 is 33.0 Å². The van der Waals surface area contributed by atoms with Crippen LogP contribution in [-0.2, 0) is 7.05 Å². The molecule has 2 aromatic heterocycles. The highest BCUT2D eigenvalue weighted by Gasteiger charge is 2.24. The highest BCUT2D eigenvalue weighted by Crippen LogP contribution is 2.27. The molecule has 0 radical (unpaired) electrons. The number of rotatable bonds is 2. The van der Waals surface area contributed by atoms with Crippen LogP contribution in [0.5, 0.6) is 0 Å². The first-order valence-electron chi connectivity index (χ1n) is 7.71. The molecule has 118 valence electrons. The molecular weight excluding hydrogens is 308 g/mol. The molecule has 5 nitrogen and oxygen atoms in total. The zero-order chi connectivity index (χ0) is 15.8. The molecule has 0 aliphatic carbocycles. The number of amides is 1. The third-order valence-corrected chi connectivity index (χ3v) is 5.30. The Morgan fingerprint density at radius 3 is 2.70 bits per heavy atom. The van der Waals surface area contributed by atoms with Gasteiger partial charge in [-0.15, -0.1) is 11.3 Å². The zero-order valence-electron chi connectivity index (χ0n) is 13.0. The highest BCUT2D eigenvalue weighted by molar-refractivity contribution is 7.17. The molecule has 4 rings (SSSR count). The van der Waals surface area contributed by atoms with Crippen LogP contribution in [0.15, 0.2) is 42.0 Å². The van der Waals surface area contributed by atoms with Crippen LogP contribution in [0.3, 0.4) is 0 Å². The van der Waals surface area contributed by atoms with Gasteiger partial charge in [-0.1, -0.05) is 18.2 Å². The van der Waals surface area contributed by atoms with Crippen LogP contribution in [-0.4, -0.2) is 46.8 Å². The van der Waals surface area contributed by atoms with Gasteiger partial charge in [0.05, 0.1) is 17.4 Å². The minimum absolute atomic E-state index is 0.147. The predicted molar refractivity (Wildman–Crippen MR) is 93.1 cm³/mol. The average Bonchev–Trinajstić information content (AvgIpc) is 3.21. The molecule has 1 aliphatic rings. The van der Waals surface area contributed by atoms with Gasteiger partial charge < -0.3 is 9.80 Å². The molecule has 6 heteroatoms. The summed E-state index contributed by atoms with van der Waals surface area (Å²) >= 11 is 1.64. The Labute approximate surface area is 138 Å². The summed E-state index contributed by atoms with van der Waals surface area (Å²) in [5, 5.41) is 7.27. The molecule has 1 aromatic carbocycles. The first-order valence-corrected chi connectivity index (χ1v) is 8.59. The lowest BCUT2D eigenvalue weighted by Gasteiger charge is -2.35. The van der Waals surface area contributed by atoms with E-state index in [1.807, 2.05) is 52.6 Å². The molecular formula is C17H18N4OS. The number of carbonyl (C=O) groups is 1. The maximum atomic E-state index is 12.8. The summed E-state index contributed by atoms with van der Waals surface area (Å²) in [6.45, 7) is 3.19. The normalized spacial score (nSPS) is 15.3. The van der Waals surface area contributed by atoms with Crippen LogP contribution in [0.2, 0.25) is 0 Å². The molecule has 1 saturated heterocycles. The standard InChI is InChI=1S/C17H18N4OS/c1-19-11-13(10-18-19)20-6-8-21(9-7-20)17(22)15-12-23-16-5-3-2-4-14(15)16/h2-5,10-12H,6-9H2,1H3. The van der Waals surface area contributed by atoms with Gasteiger partial charge >= 0.3 is 0 Å². The molecule has 0 atom stereocenters. The molecule has 0 spiro atoms. The summed E-state index contributed by atoms with van der Waals surface area (Å²) in [6, 6.07) is 8.11. The van der Waals surface area contributed by atoms with Crippen molar-refractivity contribution in [3.8, 4) is 0 Å². The van der Waals surface area contributed by atoms with E-state index in [0.717, 1.165) is 42.8 Å². The van der Waals surface area contributed by atoms with E-state index in [1.165, 1.54) is 4.70 Å². The molecule has 23 heavy (non-hydrogen) atoms. The number of hydrogen-bond acceptors (Lipinski definition) is 4. The third kappa shape index (κ3) is 2.59. The maximum absolute atomic E-state index is 12.8. The lowest BCUT2D eigenvalue weighted by atomic mass is 10.1. The van der Waals surface area contributed by atoms with Crippen LogP contribution < -0.4 is 4.90 Å². The number of hydrogen-bond donors (Lipinski definition) is 0. The molecule has 1 amide bonds. The second-order valence-electron chi connectivity index (χ2n) is 5.80. The number of aryl methyl sites for hydroxylation is 1. The SMILES string of the molecule is Cn1cc(N2CCN(C(=O)c3csc4ccccc34)CC2)cn1. The molecule has 3 aromatic rings. The van der Waals surface area contributed by atoms with E-state index in [0.29, 0.717) is 0 Å². The second-order valence-corrected chi connectivity index (χ2v) is 6.71. The Kier molecular flexibility index (Phi) is 3.53. The Balaban J connectivity index is 1.49. The fourth-order valence-electron chi connectivity index (χ4n) is 3.05. The molecule has 3 heterocycles. The van der Waals surface area contributed by atoms with E-state index in [-0.39, 0.29) is 5.91 Å². The molecule has 0 bridgehead atoms. The summed E-state index contributed by atoms with van der Waals surface area (Å²) in [7, 11) is 1.92. The first-order chi connectivity index (χ1) is 11.2. The van der Waals surface area contributed by atoms with Gasteiger partial charge in [-0.25, -0.2) is 0 Å². The Morgan fingerprint density at radius 2 is 1.96 bits per heavy atom. The van der Waals surface area contributed by atoms with Crippen molar-refractivity contribution in [1.29, 1.82) is 0 Å². The van der Waals surface area contributed by atoms with Crippen molar-refractivity contribution < 1.29 is 4.79 Å². The monoisotopic (exact) mass is 326 g/mol. The molecule has 1 fully saturated rings. The van der Waals surface area contributed by atoms with Crippen LogP contribution in [0.1, 0.15) is 10.4 Å². The number of benzene rings is 1. The smallest absolute Gasteiger partial charge is 0.255 e. The topological polar surface area (TPSA) is 41.4 Å². The minimum Gasteiger partial charge on any atom is -0.365 e. The summed E-state index contributed by atoms with van der Waals surface area (Å²) in [4.78, 5) is 17.1. The van der Waals surface area contributed by atoms with E-state index in [9.17, 15) is 4.79 Å². The van der Waals surface area contributed by atoms with Gasteiger partial charge in [0, 0.05) is 54.9 Å². The number of aromatic nitrogens is 2. The van der Waals surface area contributed by atoms with Crippen LogP contribution in [0.4, 0.5) is 5.69 Å². The van der Waals surface area contributed by atoms with Crippen molar-refractivity contribution in [2.45, 2.75) is 0 Å². The van der Waals surface area contributed by atoms with E-state index in [1.54, 1.807) is 11.3 Å². The van der Waals surface area contributed by atoms with Gasteiger partial charge in [0.25, 0.3) is 5.91 Å². The number of fused-ring (bicyclic) bond motifs is 1. The second kappa shape index (κ2) is 5.70. The Hall–Kier alpha value is -2.34. The third-order valence-electron chi connectivity index (χ3n) is 4.33. The van der Waals surface area contributed by atoms with Gasteiger partial charge in [0.15, 0.2) is 0 Å². The Morgan fingerprint density at radius 1 is 1.17 bits per heavy atom. The van der Waals surface area contributed by atoms with E-state index in [4.69, 9.17) is 0 Å². The largest absolute Gasteiger partial charge is 0.365 e. The van der Waals surface area contributed by atoms with Gasteiger partial charge in [-0.05, 0) is 6.07 Å². The predicted octanol–water partition coefficient (Wildman–Crippen LogP) is 2.60. The van der Waals surface area contributed by atoms with Gasteiger partial charge in [0.2, 0.25) is 0 Å². The van der Waals surface area contributed by atoms with Crippen molar-refractivity contribution in [2.24, 2.45) is 7.05 Å².